The number of hydrogen-bond acceptors (Lipinski definition) is 6. The highest BCUT2D eigenvalue weighted by Crippen LogP contribution is 2.26. The van der Waals surface area contributed by atoms with Crippen molar-refractivity contribution < 1.29 is 37.0 Å². The van der Waals surface area contributed by atoms with E-state index < -0.39 is 12.7 Å². The van der Waals surface area contributed by atoms with Gasteiger partial charge in [-0.15, -0.1) is 13.2 Å². The molecular weight excluding hydrogens is 573 g/mol. The molecule has 7 nitrogen and oxygen atoms in total. The molecule has 0 radical (unpaired) electrons. The molecule has 1 fully saturated rings. The van der Waals surface area contributed by atoms with Crippen molar-refractivity contribution in [1.82, 2.24) is 10.8 Å². The van der Waals surface area contributed by atoms with Gasteiger partial charge in [0.15, 0.2) is 6.29 Å². The van der Waals surface area contributed by atoms with Crippen molar-refractivity contribution in [2.24, 2.45) is 0 Å². The van der Waals surface area contributed by atoms with Gasteiger partial charge in [-0.2, -0.15) is 0 Å². The Morgan fingerprint density at radius 3 is 2.45 bits per heavy atom. The molecule has 5 rings (SSSR count). The number of alkyl halides is 3. The van der Waals surface area contributed by atoms with E-state index in [1.165, 1.54) is 12.1 Å². The molecule has 4 aromatic carbocycles. The second kappa shape index (κ2) is 14.9. The van der Waals surface area contributed by atoms with E-state index in [-0.39, 0.29) is 18.3 Å². The molecule has 0 bridgehead atoms. The van der Waals surface area contributed by atoms with Gasteiger partial charge in [0, 0.05) is 37.1 Å². The van der Waals surface area contributed by atoms with Crippen LogP contribution in [0.1, 0.15) is 40.7 Å². The van der Waals surface area contributed by atoms with Gasteiger partial charge in [0.2, 0.25) is 0 Å². The largest absolute Gasteiger partial charge is 0.573 e. The van der Waals surface area contributed by atoms with Gasteiger partial charge in [-0.3, -0.25) is 4.79 Å². The second-order valence-corrected chi connectivity index (χ2v) is 10.3. The van der Waals surface area contributed by atoms with Crippen LogP contribution in [-0.2, 0) is 16.1 Å². The Labute approximate surface area is 253 Å². The Hall–Kier alpha value is -4.38. The lowest BCUT2D eigenvalue weighted by Gasteiger charge is -2.22. The minimum Gasteiger partial charge on any atom is -0.489 e. The number of amides is 1. The van der Waals surface area contributed by atoms with E-state index in [0.29, 0.717) is 25.3 Å². The predicted octanol–water partition coefficient (Wildman–Crippen LogP) is 7.18. The molecule has 1 heterocycles. The molecule has 4 aromatic rings. The minimum absolute atomic E-state index is 0.267. The summed E-state index contributed by atoms with van der Waals surface area (Å²) in [6.07, 6.45) is -0.472. The molecule has 0 aromatic heterocycles. The van der Waals surface area contributed by atoms with Gasteiger partial charge in [0.1, 0.15) is 18.1 Å². The van der Waals surface area contributed by atoms with E-state index in [1.54, 1.807) is 24.3 Å². The summed E-state index contributed by atoms with van der Waals surface area (Å²) in [5, 5.41) is 5.41. The van der Waals surface area contributed by atoms with Gasteiger partial charge in [0.05, 0.1) is 0 Å². The molecular formula is C34H33F3N2O5. The van der Waals surface area contributed by atoms with Crippen LogP contribution in [0.2, 0.25) is 0 Å². The van der Waals surface area contributed by atoms with Gasteiger partial charge in [-0.25, -0.2) is 10.3 Å². The highest BCUT2D eigenvalue weighted by molar-refractivity contribution is 5.93. The summed E-state index contributed by atoms with van der Waals surface area (Å²) in [5.74, 6) is 0.127. The van der Waals surface area contributed by atoms with Crippen LogP contribution in [0.25, 0.3) is 16.8 Å². The summed E-state index contributed by atoms with van der Waals surface area (Å²) >= 11 is 0. The minimum atomic E-state index is -4.73. The second-order valence-electron chi connectivity index (χ2n) is 10.3. The molecule has 0 saturated carbocycles. The van der Waals surface area contributed by atoms with Crippen molar-refractivity contribution in [2.75, 3.05) is 19.8 Å². The standard InChI is InChI=1S/C34H33F3N2O5/c35-34(36,37)43-29-17-13-25(14-18-29)21-38-22-26(23-42-31-9-5-7-27-6-1-2-8-30(27)31)20-24-11-15-28(16-12-24)33(40)39-44-32-10-3-4-19-41-32/h1-2,5-9,11-18,20,32,38H,3-4,10,19,21-23H2,(H,39,40). The number of hydrogen-bond donors (Lipinski definition) is 2. The Bertz CT molecular complexity index is 1540. The SMILES string of the molecule is O=C(NOC1CCCCO1)c1ccc(C=C(CNCc2ccc(OC(F)(F)F)cc2)COc2cccc3ccccc23)cc1. The first-order valence-electron chi connectivity index (χ1n) is 14.4. The quantitative estimate of drug-likeness (QED) is 0.167. The molecule has 1 saturated heterocycles. The Morgan fingerprint density at radius 1 is 0.932 bits per heavy atom. The molecule has 1 amide bonds. The van der Waals surface area contributed by atoms with Gasteiger partial charge < -0.3 is 19.5 Å². The van der Waals surface area contributed by atoms with Crippen molar-refractivity contribution in [3.05, 3.63) is 113 Å². The highest BCUT2D eigenvalue weighted by atomic mass is 19.4. The number of nitrogens with one attached hydrogen (secondary N) is 2. The van der Waals surface area contributed by atoms with Crippen LogP contribution in [0.3, 0.4) is 0 Å². The first-order chi connectivity index (χ1) is 21.3. The maximum atomic E-state index is 12.6. The molecule has 1 aliphatic rings. The summed E-state index contributed by atoms with van der Waals surface area (Å²) in [6.45, 7) is 1.77. The lowest BCUT2D eigenvalue weighted by atomic mass is 10.1. The van der Waals surface area contributed by atoms with E-state index in [9.17, 15) is 18.0 Å². The lowest BCUT2D eigenvalue weighted by Crippen LogP contribution is -2.33. The average molecular weight is 607 g/mol. The third kappa shape index (κ3) is 9.31. The lowest BCUT2D eigenvalue weighted by molar-refractivity contribution is -0.274. The summed E-state index contributed by atoms with van der Waals surface area (Å²) in [4.78, 5) is 17.9. The van der Waals surface area contributed by atoms with Gasteiger partial charge >= 0.3 is 6.36 Å². The van der Waals surface area contributed by atoms with Crippen molar-refractivity contribution in [1.29, 1.82) is 0 Å². The molecule has 230 valence electrons. The normalized spacial score (nSPS) is 15.6. The van der Waals surface area contributed by atoms with E-state index in [2.05, 4.69) is 15.5 Å². The van der Waals surface area contributed by atoms with Crippen LogP contribution < -0.4 is 20.3 Å². The van der Waals surface area contributed by atoms with Crippen LogP contribution in [0.15, 0.2) is 96.6 Å². The zero-order valence-electron chi connectivity index (χ0n) is 23.9. The third-order valence-corrected chi connectivity index (χ3v) is 6.97. The first kappa shape index (κ1) is 31.1. The number of rotatable bonds is 12. The van der Waals surface area contributed by atoms with Crippen LogP contribution in [-0.4, -0.2) is 38.3 Å². The highest BCUT2D eigenvalue weighted by Gasteiger charge is 2.30. The Kier molecular flexibility index (Phi) is 10.5. The van der Waals surface area contributed by atoms with Crippen molar-refractivity contribution in [3.63, 3.8) is 0 Å². The zero-order chi connectivity index (χ0) is 30.8. The Balaban J connectivity index is 1.24. The fourth-order valence-corrected chi connectivity index (χ4v) is 4.76. The molecule has 1 unspecified atom stereocenters. The van der Waals surface area contributed by atoms with E-state index >= 15 is 0 Å². The van der Waals surface area contributed by atoms with Gasteiger partial charge in [-0.1, -0.05) is 66.7 Å². The van der Waals surface area contributed by atoms with Crippen molar-refractivity contribution in [3.8, 4) is 11.5 Å². The summed E-state index contributed by atoms with van der Waals surface area (Å²) in [6, 6.07) is 26.7. The maximum Gasteiger partial charge on any atom is 0.573 e. The van der Waals surface area contributed by atoms with Crippen LogP contribution in [0.5, 0.6) is 11.5 Å². The molecule has 1 atom stereocenters. The van der Waals surface area contributed by atoms with E-state index in [0.717, 1.165) is 52.5 Å². The number of hydroxylamine groups is 1. The average Bonchev–Trinajstić information content (AvgIpc) is 3.03. The topological polar surface area (TPSA) is 78.1 Å². The van der Waals surface area contributed by atoms with Gasteiger partial charge in [0.25, 0.3) is 5.91 Å². The van der Waals surface area contributed by atoms with Crippen LogP contribution in [0.4, 0.5) is 13.2 Å². The number of fused-ring (bicyclic) bond motifs is 1. The molecule has 0 aliphatic carbocycles. The molecule has 10 heteroatoms. The molecule has 0 spiro atoms. The number of benzene rings is 4. The summed E-state index contributed by atoms with van der Waals surface area (Å²) in [5.41, 5.74) is 5.50. The smallest absolute Gasteiger partial charge is 0.489 e. The number of ether oxygens (including phenoxy) is 3. The first-order valence-corrected chi connectivity index (χ1v) is 14.4. The number of carbonyl (C=O) groups excluding carboxylic acids is 1. The van der Waals surface area contributed by atoms with E-state index in [1.807, 2.05) is 60.7 Å². The van der Waals surface area contributed by atoms with Crippen molar-refractivity contribution >= 4 is 22.8 Å². The summed E-state index contributed by atoms with van der Waals surface area (Å²) in [7, 11) is 0. The van der Waals surface area contributed by atoms with Gasteiger partial charge in [-0.05, 0) is 65.3 Å². The zero-order valence-corrected chi connectivity index (χ0v) is 23.9. The number of carbonyl (C=O) groups is 1. The molecule has 1 aliphatic heterocycles. The monoisotopic (exact) mass is 606 g/mol. The van der Waals surface area contributed by atoms with Crippen molar-refractivity contribution in [2.45, 2.75) is 38.5 Å². The Morgan fingerprint density at radius 2 is 1.70 bits per heavy atom. The maximum absolute atomic E-state index is 12.6. The third-order valence-electron chi connectivity index (χ3n) is 6.97. The van der Waals surface area contributed by atoms with Crippen LogP contribution in [0, 0.1) is 0 Å². The summed E-state index contributed by atoms with van der Waals surface area (Å²) < 4.78 is 53.1. The van der Waals surface area contributed by atoms with E-state index in [4.69, 9.17) is 14.3 Å². The number of halogens is 3. The molecule has 2 N–H and O–H groups in total. The molecule has 44 heavy (non-hydrogen) atoms. The van der Waals surface area contributed by atoms with Crippen LogP contribution >= 0.6 is 0 Å². The fourth-order valence-electron chi connectivity index (χ4n) is 4.76. The predicted molar refractivity (Wildman–Crippen MR) is 161 cm³/mol. The fraction of sp³-hybridized carbons (Fsp3) is 0.265.